The molecule has 1 amide bonds. The van der Waals surface area contributed by atoms with Gasteiger partial charge in [0.05, 0.1) is 19.3 Å². The number of alkyl carbamates (subject to hydrolysis) is 1. The highest BCUT2D eigenvalue weighted by Gasteiger charge is 2.50. The monoisotopic (exact) mass is 847 g/mol. The summed E-state index contributed by atoms with van der Waals surface area (Å²) in [5.74, 6) is 8.26. The van der Waals surface area contributed by atoms with Gasteiger partial charge in [-0.15, -0.1) is 11.8 Å². The lowest BCUT2D eigenvalue weighted by molar-refractivity contribution is -0.0469. The van der Waals surface area contributed by atoms with Crippen molar-refractivity contribution < 1.29 is 32.2 Å². The Balaban J connectivity index is 1.33. The van der Waals surface area contributed by atoms with E-state index in [4.69, 9.17) is 33.9 Å². The Bertz CT molecular complexity index is 1640. The molecular weight excluding hydrogens is 778 g/mol. The van der Waals surface area contributed by atoms with Crippen LogP contribution in [0.5, 0.6) is 0 Å². The maximum atomic E-state index is 13.0. The molecular formula is C42H70N5O9PSi. The maximum absolute atomic E-state index is 13.0. The van der Waals surface area contributed by atoms with Gasteiger partial charge in [0, 0.05) is 56.3 Å². The fraction of sp³-hybridized carbons (Fsp3) is 0.810. The van der Waals surface area contributed by atoms with Gasteiger partial charge < -0.3 is 37.5 Å². The molecule has 2 N–H and O–H groups in total. The molecule has 16 heteroatoms. The summed E-state index contributed by atoms with van der Waals surface area (Å²) in [5, 5.41) is 2.92. The number of nitrogens with one attached hydrogen (secondary N) is 2. The third-order valence-electron chi connectivity index (χ3n) is 11.5. The van der Waals surface area contributed by atoms with E-state index in [9.17, 15) is 14.4 Å². The summed E-state index contributed by atoms with van der Waals surface area (Å²) in [6, 6.07) is 0.207. The second kappa shape index (κ2) is 23.4. The fourth-order valence-electron chi connectivity index (χ4n) is 8.43. The molecule has 1 saturated heterocycles. The Hall–Kier alpha value is -2.59. The molecule has 1 aromatic heterocycles. The van der Waals surface area contributed by atoms with Crippen molar-refractivity contribution in [1.29, 1.82) is 0 Å². The molecule has 0 bridgehead atoms. The second-order valence-electron chi connectivity index (χ2n) is 17.1. The van der Waals surface area contributed by atoms with Crippen molar-refractivity contribution in [3.05, 3.63) is 44.0 Å². The van der Waals surface area contributed by atoms with Crippen molar-refractivity contribution in [2.24, 2.45) is 17.8 Å². The summed E-state index contributed by atoms with van der Waals surface area (Å²) in [5.41, 5.74) is -0.317. The number of rotatable bonds is 24. The van der Waals surface area contributed by atoms with Gasteiger partial charge >= 0.3 is 20.3 Å². The quantitative estimate of drug-likeness (QED) is 0.0347. The largest absolute Gasteiger partial charge is 0.449 e. The Kier molecular flexibility index (Phi) is 19.4. The predicted molar refractivity (Wildman–Crippen MR) is 228 cm³/mol. The lowest BCUT2D eigenvalue weighted by Crippen LogP contribution is -2.50. The van der Waals surface area contributed by atoms with Crippen LogP contribution in [-0.2, 0) is 27.4 Å². The lowest BCUT2D eigenvalue weighted by atomic mass is 10.1. The van der Waals surface area contributed by atoms with E-state index in [-0.39, 0.29) is 49.0 Å². The fourth-order valence-corrected chi connectivity index (χ4v) is 13.8. The van der Waals surface area contributed by atoms with Gasteiger partial charge in [0.1, 0.15) is 18.9 Å². The minimum absolute atomic E-state index is 0.104. The summed E-state index contributed by atoms with van der Waals surface area (Å²) in [4.78, 5) is 43.4. The molecule has 1 aliphatic heterocycles. The van der Waals surface area contributed by atoms with Gasteiger partial charge in [0.15, 0.2) is 0 Å². The predicted octanol–water partition coefficient (Wildman–Crippen LogP) is 7.82. The van der Waals surface area contributed by atoms with E-state index in [1.165, 1.54) is 10.8 Å². The van der Waals surface area contributed by atoms with Crippen LogP contribution in [0.1, 0.15) is 125 Å². The molecule has 3 aliphatic rings. The molecule has 326 valence electrons. The van der Waals surface area contributed by atoms with E-state index < -0.39 is 46.8 Å². The van der Waals surface area contributed by atoms with E-state index >= 15 is 0 Å². The molecule has 7 atom stereocenters. The normalized spacial score (nSPS) is 23.7. The second-order valence-corrected chi connectivity index (χ2v) is 22.8. The number of carbonyl (C=O) groups excluding carboxylic acids is 1. The first-order valence-electron chi connectivity index (χ1n) is 21.5. The Labute approximate surface area is 348 Å². The number of aryl methyl sites for hydroxylation is 1. The third-order valence-corrected chi connectivity index (χ3v) is 18.2. The first-order chi connectivity index (χ1) is 27.7. The Morgan fingerprint density at radius 1 is 1.00 bits per heavy atom. The van der Waals surface area contributed by atoms with Crippen LogP contribution in [0.3, 0.4) is 0 Å². The number of unbranched alkanes of at least 4 members (excludes halogenated alkanes) is 3. The lowest BCUT2D eigenvalue weighted by Gasteiger charge is -2.39. The summed E-state index contributed by atoms with van der Waals surface area (Å²) in [6.07, 6.45) is 7.55. The first kappa shape index (κ1) is 48.1. The van der Waals surface area contributed by atoms with E-state index in [1.807, 2.05) is 0 Å². The minimum Gasteiger partial charge on any atom is -0.449 e. The number of fused-ring (bicyclic) bond motifs is 1. The molecule has 58 heavy (non-hydrogen) atoms. The number of hydrogen-bond acceptors (Lipinski definition) is 10. The molecule has 1 saturated carbocycles. The average Bonchev–Trinajstić information content (AvgIpc) is 3.62. The van der Waals surface area contributed by atoms with Crippen LogP contribution in [0, 0.1) is 43.1 Å². The van der Waals surface area contributed by atoms with Crippen LogP contribution in [-0.4, -0.2) is 92.7 Å². The number of H-pyrrole nitrogens is 1. The molecule has 1 aromatic rings. The highest BCUT2D eigenvalue weighted by molar-refractivity contribution is 7.44. The Morgan fingerprint density at radius 2 is 1.66 bits per heavy atom. The zero-order valence-corrected chi connectivity index (χ0v) is 38.3. The van der Waals surface area contributed by atoms with Crippen LogP contribution >= 0.6 is 8.53 Å². The Morgan fingerprint density at radius 3 is 2.28 bits per heavy atom. The van der Waals surface area contributed by atoms with Gasteiger partial charge in [0.25, 0.3) is 14.1 Å². The zero-order valence-electron chi connectivity index (χ0n) is 36.4. The van der Waals surface area contributed by atoms with Crippen LogP contribution in [0.2, 0.25) is 11.1 Å². The van der Waals surface area contributed by atoms with Gasteiger partial charge in [-0.05, 0) is 89.1 Å². The number of amides is 1. The smallest absolute Gasteiger partial charge is 0.407 e. The van der Waals surface area contributed by atoms with Crippen molar-refractivity contribution in [2.75, 3.05) is 39.5 Å². The number of aromatic amines is 1. The summed E-state index contributed by atoms with van der Waals surface area (Å²) >= 11 is 0. The highest BCUT2D eigenvalue weighted by atomic mass is 31.2. The zero-order chi connectivity index (χ0) is 42.4. The number of ether oxygens (including phenoxy) is 2. The molecule has 4 rings (SSSR count). The van der Waals surface area contributed by atoms with Crippen LogP contribution < -0.4 is 16.6 Å². The number of nitrogens with zero attached hydrogens (tertiary/aromatic N) is 3. The van der Waals surface area contributed by atoms with Gasteiger partial charge in [-0.1, -0.05) is 40.5 Å². The highest BCUT2D eigenvalue weighted by Crippen LogP contribution is 2.52. The maximum Gasteiger partial charge on any atom is 0.407 e. The van der Waals surface area contributed by atoms with Crippen molar-refractivity contribution in [3.8, 4) is 11.8 Å². The summed E-state index contributed by atoms with van der Waals surface area (Å²) in [7, 11) is -4.42. The van der Waals surface area contributed by atoms with Crippen molar-refractivity contribution in [3.63, 3.8) is 0 Å². The van der Waals surface area contributed by atoms with Crippen LogP contribution in [0.4, 0.5) is 4.79 Å². The van der Waals surface area contributed by atoms with Gasteiger partial charge in [-0.25, -0.2) is 20.8 Å². The summed E-state index contributed by atoms with van der Waals surface area (Å²) < 4.78 is 42.5. The molecule has 2 heterocycles. The molecule has 0 aromatic carbocycles. The van der Waals surface area contributed by atoms with Gasteiger partial charge in [-0.2, -0.15) is 0 Å². The van der Waals surface area contributed by atoms with E-state index in [1.54, 1.807) is 6.92 Å². The molecule has 14 nitrogen and oxygen atoms in total. The van der Waals surface area contributed by atoms with Crippen LogP contribution in [0.15, 0.2) is 15.8 Å². The van der Waals surface area contributed by atoms with E-state index in [0.717, 1.165) is 51.4 Å². The molecule has 3 unspecified atom stereocenters. The van der Waals surface area contributed by atoms with Crippen molar-refractivity contribution >= 4 is 23.2 Å². The van der Waals surface area contributed by atoms with Gasteiger partial charge in [0.2, 0.25) is 6.54 Å². The minimum atomic E-state index is -2.82. The topological polar surface area (TPSA) is 147 Å². The average molecular weight is 848 g/mol. The molecule has 2 fully saturated rings. The van der Waals surface area contributed by atoms with E-state index in [0.29, 0.717) is 49.5 Å². The van der Waals surface area contributed by atoms with Crippen molar-refractivity contribution in [1.82, 2.24) is 19.5 Å². The molecule has 0 spiro atoms. The molecule has 2 aliphatic carbocycles. The first-order valence-corrected chi connectivity index (χ1v) is 24.6. The number of hydrogen-bond donors (Lipinski definition) is 2. The van der Waals surface area contributed by atoms with E-state index in [2.05, 4.69) is 87.0 Å². The van der Waals surface area contributed by atoms with Crippen molar-refractivity contribution in [2.45, 2.75) is 162 Å². The SMILES string of the molecule is [C-]#[N+]CCOP(OC1C[C@H](n2cc(C)c(=O)[nH]c2=O)O[C@@H]1CO[Si](OCCCCCCNC(=O)OCC1[C@H]2CCC#CCC[C@@H]12)(C(C)C)C(C)C)N(C(C)C)C(C)C. The van der Waals surface area contributed by atoms with Crippen LogP contribution in [0.25, 0.3) is 4.85 Å². The summed E-state index contributed by atoms with van der Waals surface area (Å²) in [6.45, 7) is 28.1. The van der Waals surface area contributed by atoms with Gasteiger partial charge in [-0.3, -0.25) is 14.3 Å². The standard InChI is InChI=1S/C42H70N5O9PSi/c1-29(2)47(30(3)4)57(52-24-22-43-10)56-37-25-39(46-26-33(9)40(48)45-41(46)49)55-38(37)28-54-58(31(5)6,32(7)8)53-23-18-14-13-17-21-44-42(50)51-27-36-34-19-15-11-12-16-20-35(34)36/h26,29-32,34-39H,13-25,27-28H2,1-9H3,(H,44,50)(H,45,48,49)/t34-,35+,36?,37?,38-,39-,57?/m1/s1. The third kappa shape index (κ3) is 13.5. The number of carbonyl (C=O) groups is 1. The number of aromatic nitrogens is 2. The molecule has 0 radical (unpaired) electrons.